The highest BCUT2D eigenvalue weighted by Gasteiger charge is 2.38. The summed E-state index contributed by atoms with van der Waals surface area (Å²) in [6.07, 6.45) is -6.62. The quantitative estimate of drug-likeness (QED) is 0.890. The van der Waals surface area contributed by atoms with Crippen LogP contribution in [0.2, 0.25) is 10.0 Å². The minimum atomic E-state index is -4.55. The maximum atomic E-state index is 12.2. The van der Waals surface area contributed by atoms with Gasteiger partial charge in [-0.25, -0.2) is 0 Å². The zero-order valence-electron chi connectivity index (χ0n) is 8.92. The SMILES string of the molecule is Cl.N[C@H](C[C@H](O)c1cccc(Cl)c1Cl)C(F)(F)F. The highest BCUT2D eigenvalue weighted by molar-refractivity contribution is 6.42. The Morgan fingerprint density at radius 2 is 1.83 bits per heavy atom. The van der Waals surface area contributed by atoms with Gasteiger partial charge in [0.2, 0.25) is 0 Å². The number of hydrogen-bond acceptors (Lipinski definition) is 2. The van der Waals surface area contributed by atoms with Gasteiger partial charge in [0, 0.05) is 12.0 Å². The molecule has 0 fully saturated rings. The molecule has 2 nitrogen and oxygen atoms in total. The molecular weight excluding hydrogens is 313 g/mol. The summed E-state index contributed by atoms with van der Waals surface area (Å²) >= 11 is 11.5. The van der Waals surface area contributed by atoms with Crippen molar-refractivity contribution in [3.63, 3.8) is 0 Å². The van der Waals surface area contributed by atoms with Crippen molar-refractivity contribution in [3.8, 4) is 0 Å². The van der Waals surface area contributed by atoms with Gasteiger partial charge in [0.1, 0.15) is 6.04 Å². The Hall–Kier alpha value is -0.200. The van der Waals surface area contributed by atoms with E-state index in [1.54, 1.807) is 0 Å². The van der Waals surface area contributed by atoms with Crippen LogP contribution in [0, 0.1) is 0 Å². The molecule has 0 unspecified atom stereocenters. The lowest BCUT2D eigenvalue weighted by Gasteiger charge is -2.20. The minimum Gasteiger partial charge on any atom is -0.388 e. The molecule has 0 spiro atoms. The molecule has 104 valence electrons. The molecule has 0 aliphatic carbocycles. The van der Waals surface area contributed by atoms with Crippen molar-refractivity contribution in [2.24, 2.45) is 5.73 Å². The normalized spacial score (nSPS) is 14.8. The lowest BCUT2D eigenvalue weighted by molar-refractivity contribution is -0.153. The topological polar surface area (TPSA) is 46.2 Å². The van der Waals surface area contributed by atoms with Crippen LogP contribution in [0.1, 0.15) is 18.1 Å². The number of aliphatic hydroxyl groups excluding tert-OH is 1. The molecule has 0 amide bonds. The number of hydrogen-bond donors (Lipinski definition) is 2. The first-order valence-electron chi connectivity index (χ1n) is 4.67. The highest BCUT2D eigenvalue weighted by Crippen LogP contribution is 2.33. The van der Waals surface area contributed by atoms with Crippen molar-refractivity contribution in [2.45, 2.75) is 24.7 Å². The van der Waals surface area contributed by atoms with E-state index in [4.69, 9.17) is 28.9 Å². The van der Waals surface area contributed by atoms with E-state index in [2.05, 4.69) is 0 Å². The van der Waals surface area contributed by atoms with Crippen LogP contribution in [-0.2, 0) is 0 Å². The van der Waals surface area contributed by atoms with E-state index in [1.165, 1.54) is 18.2 Å². The number of aliphatic hydroxyl groups is 1. The Balaban J connectivity index is 0.00000289. The summed E-state index contributed by atoms with van der Waals surface area (Å²) in [5, 5.41) is 9.84. The van der Waals surface area contributed by atoms with Gasteiger partial charge in [-0.1, -0.05) is 35.3 Å². The van der Waals surface area contributed by atoms with Crippen molar-refractivity contribution >= 4 is 35.6 Å². The van der Waals surface area contributed by atoms with Crippen molar-refractivity contribution in [1.29, 1.82) is 0 Å². The standard InChI is InChI=1S/C10H10Cl2F3NO.ClH/c11-6-3-1-2-5(9(6)12)7(17)4-8(16)10(13,14)15;/h1-3,7-8,17H,4,16H2;1H/t7-,8+;/m0./s1. The Bertz CT molecular complexity index is 400. The second-order valence-corrected chi connectivity index (χ2v) is 4.33. The van der Waals surface area contributed by atoms with Gasteiger partial charge in [0.05, 0.1) is 16.1 Å². The Morgan fingerprint density at radius 3 is 2.33 bits per heavy atom. The van der Waals surface area contributed by atoms with Crippen LogP contribution < -0.4 is 5.73 Å². The fourth-order valence-corrected chi connectivity index (χ4v) is 1.71. The molecule has 0 heterocycles. The van der Waals surface area contributed by atoms with E-state index in [1.807, 2.05) is 0 Å². The molecular formula is C10H11Cl3F3NO. The molecule has 0 saturated carbocycles. The lowest BCUT2D eigenvalue weighted by Crippen LogP contribution is -2.38. The summed E-state index contributed by atoms with van der Waals surface area (Å²) in [5.74, 6) is 0. The van der Waals surface area contributed by atoms with Gasteiger partial charge in [-0.3, -0.25) is 0 Å². The molecule has 0 aliphatic heterocycles. The zero-order valence-corrected chi connectivity index (χ0v) is 11.2. The third-order valence-electron chi connectivity index (χ3n) is 2.24. The van der Waals surface area contributed by atoms with Crippen LogP contribution >= 0.6 is 35.6 Å². The predicted octanol–water partition coefficient (Wildman–Crippen LogP) is 3.73. The van der Waals surface area contributed by atoms with E-state index >= 15 is 0 Å². The van der Waals surface area contributed by atoms with Gasteiger partial charge >= 0.3 is 6.18 Å². The van der Waals surface area contributed by atoms with Crippen molar-refractivity contribution in [2.75, 3.05) is 0 Å². The molecule has 8 heteroatoms. The summed E-state index contributed by atoms with van der Waals surface area (Å²) < 4.78 is 36.6. The fraction of sp³-hybridized carbons (Fsp3) is 0.400. The van der Waals surface area contributed by atoms with E-state index in [0.29, 0.717) is 0 Å². The average Bonchev–Trinajstić information content (AvgIpc) is 2.20. The third kappa shape index (κ3) is 4.48. The largest absolute Gasteiger partial charge is 0.403 e. The number of halogens is 6. The van der Waals surface area contributed by atoms with Gasteiger partial charge < -0.3 is 10.8 Å². The van der Waals surface area contributed by atoms with Crippen LogP contribution in [0.5, 0.6) is 0 Å². The Kier molecular flexibility index (Phi) is 6.74. The van der Waals surface area contributed by atoms with E-state index in [9.17, 15) is 18.3 Å². The first-order valence-corrected chi connectivity index (χ1v) is 5.43. The molecule has 0 aliphatic rings. The summed E-state index contributed by atoms with van der Waals surface area (Å²) in [6.45, 7) is 0. The highest BCUT2D eigenvalue weighted by atomic mass is 35.5. The van der Waals surface area contributed by atoms with Crippen LogP contribution in [-0.4, -0.2) is 17.3 Å². The molecule has 1 rings (SSSR count). The average molecular weight is 325 g/mol. The van der Waals surface area contributed by atoms with Gasteiger partial charge in [0.15, 0.2) is 0 Å². The molecule has 1 aromatic rings. The van der Waals surface area contributed by atoms with Crippen LogP contribution in [0.15, 0.2) is 18.2 Å². The zero-order chi connectivity index (χ0) is 13.2. The number of rotatable bonds is 3. The van der Waals surface area contributed by atoms with Gasteiger partial charge in [-0.05, 0) is 6.07 Å². The Morgan fingerprint density at radius 1 is 1.28 bits per heavy atom. The summed E-state index contributed by atoms with van der Waals surface area (Å²) in [7, 11) is 0. The number of benzene rings is 1. The minimum absolute atomic E-state index is 0. The van der Waals surface area contributed by atoms with Crippen LogP contribution in [0.4, 0.5) is 13.2 Å². The maximum Gasteiger partial charge on any atom is 0.403 e. The third-order valence-corrected chi connectivity index (χ3v) is 3.07. The van der Waals surface area contributed by atoms with Crippen LogP contribution in [0.3, 0.4) is 0 Å². The second-order valence-electron chi connectivity index (χ2n) is 3.54. The number of alkyl halides is 3. The van der Waals surface area contributed by atoms with Crippen molar-refractivity contribution < 1.29 is 18.3 Å². The van der Waals surface area contributed by atoms with Gasteiger partial charge in [0.25, 0.3) is 0 Å². The van der Waals surface area contributed by atoms with Gasteiger partial charge in [-0.15, -0.1) is 12.4 Å². The Labute approximate surface area is 118 Å². The smallest absolute Gasteiger partial charge is 0.388 e. The van der Waals surface area contributed by atoms with E-state index in [0.717, 1.165) is 0 Å². The van der Waals surface area contributed by atoms with Crippen LogP contribution in [0.25, 0.3) is 0 Å². The maximum absolute atomic E-state index is 12.2. The van der Waals surface area contributed by atoms with E-state index in [-0.39, 0.29) is 28.0 Å². The molecule has 1 aromatic carbocycles. The molecule has 0 saturated heterocycles. The molecule has 2 atom stereocenters. The summed E-state index contributed by atoms with van der Waals surface area (Å²) in [6, 6.07) is 2.27. The lowest BCUT2D eigenvalue weighted by atomic mass is 10.0. The predicted molar refractivity (Wildman–Crippen MR) is 67.3 cm³/mol. The number of nitrogens with two attached hydrogens (primary N) is 1. The van der Waals surface area contributed by atoms with Gasteiger partial charge in [-0.2, -0.15) is 13.2 Å². The monoisotopic (exact) mass is 323 g/mol. The van der Waals surface area contributed by atoms with Crippen molar-refractivity contribution in [3.05, 3.63) is 33.8 Å². The molecule has 18 heavy (non-hydrogen) atoms. The summed E-state index contributed by atoms with van der Waals surface area (Å²) in [4.78, 5) is 0. The molecule has 0 radical (unpaired) electrons. The van der Waals surface area contributed by atoms with Crippen molar-refractivity contribution in [1.82, 2.24) is 0 Å². The fourth-order valence-electron chi connectivity index (χ4n) is 1.28. The first-order chi connectivity index (χ1) is 7.73. The molecule has 0 aromatic heterocycles. The second kappa shape index (κ2) is 6.82. The first kappa shape index (κ1) is 17.8. The summed E-state index contributed by atoms with van der Waals surface area (Å²) in [5.41, 5.74) is 5.05. The van der Waals surface area contributed by atoms with E-state index < -0.39 is 24.7 Å². The molecule has 0 bridgehead atoms. The molecule has 3 N–H and O–H groups in total.